The van der Waals surface area contributed by atoms with Crippen molar-refractivity contribution in [2.45, 2.75) is 59.7 Å². The van der Waals surface area contributed by atoms with E-state index >= 15 is 0 Å². The quantitative estimate of drug-likeness (QED) is 0.716. The SMILES string of the molecule is CC(C)CCC(=O)C1C(C)OC(C)C1C. The standard InChI is InChI=1S/C13H24O2/c1-8(2)6-7-12(14)13-9(3)10(4)15-11(13)5/h8-11,13H,6-7H2,1-5H3. The summed E-state index contributed by atoms with van der Waals surface area (Å²) < 4.78 is 5.69. The number of ether oxygens (including phenoxy) is 1. The molecule has 2 heteroatoms. The van der Waals surface area contributed by atoms with Crippen LogP contribution in [-0.2, 0) is 9.53 Å². The fraction of sp³-hybridized carbons (Fsp3) is 0.923. The molecule has 1 saturated heterocycles. The van der Waals surface area contributed by atoms with Gasteiger partial charge in [-0.15, -0.1) is 0 Å². The lowest BCUT2D eigenvalue weighted by Gasteiger charge is -2.17. The van der Waals surface area contributed by atoms with E-state index in [0.717, 1.165) is 6.42 Å². The van der Waals surface area contributed by atoms with E-state index in [9.17, 15) is 4.79 Å². The van der Waals surface area contributed by atoms with Gasteiger partial charge in [0, 0.05) is 12.3 Å². The maximum atomic E-state index is 12.0. The van der Waals surface area contributed by atoms with E-state index in [4.69, 9.17) is 4.74 Å². The highest BCUT2D eigenvalue weighted by atomic mass is 16.5. The number of carbonyl (C=O) groups is 1. The van der Waals surface area contributed by atoms with Gasteiger partial charge in [-0.3, -0.25) is 4.79 Å². The molecule has 0 aromatic rings. The Morgan fingerprint density at radius 2 is 1.80 bits per heavy atom. The van der Waals surface area contributed by atoms with Gasteiger partial charge >= 0.3 is 0 Å². The zero-order valence-electron chi connectivity index (χ0n) is 10.6. The molecule has 1 fully saturated rings. The van der Waals surface area contributed by atoms with Crippen LogP contribution in [0.3, 0.4) is 0 Å². The zero-order chi connectivity index (χ0) is 11.6. The summed E-state index contributed by atoms with van der Waals surface area (Å²) in [6.45, 7) is 10.5. The zero-order valence-corrected chi connectivity index (χ0v) is 10.6. The molecule has 0 aromatic carbocycles. The van der Waals surface area contributed by atoms with Gasteiger partial charge in [-0.2, -0.15) is 0 Å². The van der Waals surface area contributed by atoms with E-state index in [-0.39, 0.29) is 18.1 Å². The van der Waals surface area contributed by atoms with Gasteiger partial charge in [-0.05, 0) is 32.1 Å². The lowest BCUT2D eigenvalue weighted by Crippen LogP contribution is -2.26. The number of ketones is 1. The van der Waals surface area contributed by atoms with Gasteiger partial charge in [-0.1, -0.05) is 20.8 Å². The summed E-state index contributed by atoms with van der Waals surface area (Å²) in [7, 11) is 0. The highest BCUT2D eigenvalue weighted by molar-refractivity contribution is 5.82. The summed E-state index contributed by atoms with van der Waals surface area (Å²) in [5.41, 5.74) is 0. The van der Waals surface area contributed by atoms with Crippen LogP contribution < -0.4 is 0 Å². The predicted molar refractivity (Wildman–Crippen MR) is 61.7 cm³/mol. The lowest BCUT2D eigenvalue weighted by atomic mass is 9.84. The Labute approximate surface area is 93.4 Å². The van der Waals surface area contributed by atoms with Gasteiger partial charge in [0.05, 0.1) is 12.2 Å². The third kappa shape index (κ3) is 3.04. The van der Waals surface area contributed by atoms with Crippen LogP contribution in [0, 0.1) is 17.8 Å². The molecule has 4 atom stereocenters. The summed E-state index contributed by atoms with van der Waals surface area (Å²) in [5, 5.41) is 0. The van der Waals surface area contributed by atoms with Crippen LogP contribution in [0.15, 0.2) is 0 Å². The largest absolute Gasteiger partial charge is 0.375 e. The first-order chi connectivity index (χ1) is 6.93. The van der Waals surface area contributed by atoms with Gasteiger partial charge in [0.2, 0.25) is 0 Å². The molecule has 0 aromatic heterocycles. The number of rotatable bonds is 4. The lowest BCUT2D eigenvalue weighted by molar-refractivity contribution is -0.125. The van der Waals surface area contributed by atoms with Crippen molar-refractivity contribution in [2.24, 2.45) is 17.8 Å². The molecule has 0 amide bonds. The fourth-order valence-electron chi connectivity index (χ4n) is 2.42. The molecular weight excluding hydrogens is 188 g/mol. The Kier molecular flexibility index (Phi) is 4.32. The summed E-state index contributed by atoms with van der Waals surface area (Å²) in [4.78, 5) is 12.0. The van der Waals surface area contributed by atoms with Gasteiger partial charge in [0.15, 0.2) is 0 Å². The predicted octanol–water partition coefficient (Wildman–Crippen LogP) is 3.05. The van der Waals surface area contributed by atoms with Crippen molar-refractivity contribution < 1.29 is 9.53 Å². The Morgan fingerprint density at radius 3 is 2.20 bits per heavy atom. The van der Waals surface area contributed by atoms with Crippen LogP contribution in [0.4, 0.5) is 0 Å². The van der Waals surface area contributed by atoms with Crippen molar-refractivity contribution in [3.8, 4) is 0 Å². The molecule has 4 unspecified atom stereocenters. The minimum Gasteiger partial charge on any atom is -0.375 e. The van der Waals surface area contributed by atoms with Crippen LogP contribution >= 0.6 is 0 Å². The molecule has 0 aliphatic carbocycles. The van der Waals surface area contributed by atoms with Crippen LogP contribution in [0.1, 0.15) is 47.5 Å². The second kappa shape index (κ2) is 5.11. The molecule has 2 nitrogen and oxygen atoms in total. The molecule has 1 aliphatic rings. The Hall–Kier alpha value is -0.370. The summed E-state index contributed by atoms with van der Waals surface area (Å²) in [5.74, 6) is 1.51. The molecule has 0 radical (unpaired) electrons. The second-order valence-electron chi connectivity index (χ2n) is 5.33. The van der Waals surface area contributed by atoms with E-state index < -0.39 is 0 Å². The normalized spacial score (nSPS) is 36.1. The van der Waals surface area contributed by atoms with Gasteiger partial charge in [0.25, 0.3) is 0 Å². The highest BCUT2D eigenvalue weighted by Gasteiger charge is 2.40. The van der Waals surface area contributed by atoms with Gasteiger partial charge < -0.3 is 4.74 Å². The highest BCUT2D eigenvalue weighted by Crippen LogP contribution is 2.33. The molecule has 1 aliphatic heterocycles. The maximum Gasteiger partial charge on any atom is 0.138 e. The van der Waals surface area contributed by atoms with E-state index in [0.29, 0.717) is 24.0 Å². The summed E-state index contributed by atoms with van der Waals surface area (Å²) in [6, 6.07) is 0. The first-order valence-electron chi connectivity index (χ1n) is 6.11. The third-order valence-electron chi connectivity index (χ3n) is 3.58. The molecule has 88 valence electrons. The molecule has 0 spiro atoms. The van der Waals surface area contributed by atoms with Crippen LogP contribution in [-0.4, -0.2) is 18.0 Å². The van der Waals surface area contributed by atoms with Crippen LogP contribution in [0.5, 0.6) is 0 Å². The molecule has 1 heterocycles. The first-order valence-corrected chi connectivity index (χ1v) is 6.11. The average Bonchev–Trinajstić information content (AvgIpc) is 2.37. The van der Waals surface area contributed by atoms with Crippen LogP contribution in [0.25, 0.3) is 0 Å². The Morgan fingerprint density at radius 1 is 1.20 bits per heavy atom. The second-order valence-corrected chi connectivity index (χ2v) is 5.33. The van der Waals surface area contributed by atoms with E-state index in [1.165, 1.54) is 0 Å². The molecule has 0 N–H and O–H groups in total. The van der Waals surface area contributed by atoms with Crippen LogP contribution in [0.2, 0.25) is 0 Å². The summed E-state index contributed by atoms with van der Waals surface area (Å²) in [6.07, 6.45) is 2.05. The van der Waals surface area contributed by atoms with E-state index in [2.05, 4.69) is 27.7 Å². The number of hydrogen-bond acceptors (Lipinski definition) is 2. The monoisotopic (exact) mass is 212 g/mol. The summed E-state index contributed by atoms with van der Waals surface area (Å²) >= 11 is 0. The van der Waals surface area contributed by atoms with Crippen molar-refractivity contribution in [2.75, 3.05) is 0 Å². The molecule has 0 saturated carbocycles. The van der Waals surface area contributed by atoms with Crippen molar-refractivity contribution >= 4 is 5.78 Å². The molecular formula is C13H24O2. The number of hydrogen-bond donors (Lipinski definition) is 0. The number of carbonyl (C=O) groups excluding carboxylic acids is 1. The van der Waals surface area contributed by atoms with E-state index in [1.807, 2.05) is 6.92 Å². The maximum absolute atomic E-state index is 12.0. The fourth-order valence-corrected chi connectivity index (χ4v) is 2.42. The minimum absolute atomic E-state index is 0.106. The smallest absolute Gasteiger partial charge is 0.138 e. The van der Waals surface area contributed by atoms with E-state index in [1.54, 1.807) is 0 Å². The third-order valence-corrected chi connectivity index (χ3v) is 3.58. The first kappa shape index (κ1) is 12.7. The topological polar surface area (TPSA) is 26.3 Å². The van der Waals surface area contributed by atoms with Gasteiger partial charge in [0.1, 0.15) is 5.78 Å². The minimum atomic E-state index is 0.106. The van der Waals surface area contributed by atoms with Crippen molar-refractivity contribution in [1.82, 2.24) is 0 Å². The van der Waals surface area contributed by atoms with Crippen molar-refractivity contribution in [3.63, 3.8) is 0 Å². The Bertz CT molecular complexity index is 223. The average molecular weight is 212 g/mol. The molecule has 1 rings (SSSR count). The molecule has 0 bridgehead atoms. The Balaban J connectivity index is 2.51. The number of Topliss-reactive ketones (excluding diaryl/α,β-unsaturated/α-hetero) is 1. The molecule has 15 heavy (non-hydrogen) atoms. The van der Waals surface area contributed by atoms with Crippen molar-refractivity contribution in [1.29, 1.82) is 0 Å². The van der Waals surface area contributed by atoms with Crippen molar-refractivity contribution in [3.05, 3.63) is 0 Å². The van der Waals surface area contributed by atoms with Gasteiger partial charge in [-0.25, -0.2) is 0 Å².